The quantitative estimate of drug-likeness (QED) is 0.518. The van der Waals surface area contributed by atoms with Crippen molar-refractivity contribution in [3.63, 3.8) is 0 Å². The summed E-state index contributed by atoms with van der Waals surface area (Å²) in [6.07, 6.45) is 1.96. The molecular formula is C29H36O6. The summed E-state index contributed by atoms with van der Waals surface area (Å²) in [5, 5.41) is 0. The first-order valence-electron chi connectivity index (χ1n) is 12.7. The van der Waals surface area contributed by atoms with E-state index in [0.717, 1.165) is 71.3 Å². The molecule has 6 rings (SSSR count). The third-order valence-electron chi connectivity index (χ3n) is 7.68. The third kappa shape index (κ3) is 4.36. The number of ether oxygens (including phenoxy) is 6. The van der Waals surface area contributed by atoms with Gasteiger partial charge in [0.2, 0.25) is 0 Å². The molecule has 0 radical (unpaired) electrons. The van der Waals surface area contributed by atoms with Crippen molar-refractivity contribution >= 4 is 0 Å². The van der Waals surface area contributed by atoms with Crippen LogP contribution in [0.2, 0.25) is 0 Å². The number of fused-ring (bicyclic) bond motifs is 2. The summed E-state index contributed by atoms with van der Waals surface area (Å²) >= 11 is 0. The fourth-order valence-corrected chi connectivity index (χ4v) is 5.72. The maximum atomic E-state index is 6.77. The van der Waals surface area contributed by atoms with Gasteiger partial charge in [-0.2, -0.15) is 0 Å². The molecule has 2 aromatic rings. The average molecular weight is 481 g/mol. The van der Waals surface area contributed by atoms with E-state index in [9.17, 15) is 0 Å². The Morgan fingerprint density at radius 2 is 1.11 bits per heavy atom. The van der Waals surface area contributed by atoms with Gasteiger partial charge in [0.15, 0.2) is 0 Å². The molecule has 2 unspecified atom stereocenters. The van der Waals surface area contributed by atoms with Crippen LogP contribution in [0.1, 0.15) is 62.8 Å². The molecule has 4 aliphatic rings. The predicted octanol–water partition coefficient (Wildman–Crippen LogP) is 5.38. The highest BCUT2D eigenvalue weighted by atomic mass is 16.7. The van der Waals surface area contributed by atoms with E-state index in [1.165, 1.54) is 0 Å². The Hall–Kier alpha value is -2.44. The highest BCUT2D eigenvalue weighted by Crippen LogP contribution is 2.55. The Balaban J connectivity index is 1.31. The molecule has 4 heterocycles. The standard InChI is InChI=1S/C29H36O6/c1-17-7-25-21(9-23(17)32-13-19-11-30-19)27(3,4)15-29(34-25)16-28(5,6)22-10-24(33-14-20-12-31-20)18(2)8-26(22)35-29/h7-10,19-20H,11-16H2,1-6H3. The Bertz CT molecular complexity index is 1070. The van der Waals surface area contributed by atoms with Gasteiger partial charge in [-0.25, -0.2) is 0 Å². The second kappa shape index (κ2) is 7.78. The fourth-order valence-electron chi connectivity index (χ4n) is 5.72. The third-order valence-corrected chi connectivity index (χ3v) is 7.68. The molecule has 0 aromatic heterocycles. The average Bonchev–Trinajstić information content (AvgIpc) is 3.65. The number of epoxide rings is 2. The molecule has 0 amide bonds. The van der Waals surface area contributed by atoms with Crippen molar-refractivity contribution in [3.8, 4) is 23.0 Å². The molecule has 0 bridgehead atoms. The van der Waals surface area contributed by atoms with Crippen LogP contribution < -0.4 is 18.9 Å². The SMILES string of the molecule is Cc1cc2c(cc1OCC1CO1)C(C)(C)CC1(CC(C)(C)c3cc(OCC4CO4)c(C)cc3O1)O2. The molecule has 2 saturated heterocycles. The van der Waals surface area contributed by atoms with Gasteiger partial charge in [-0.05, 0) is 49.2 Å². The summed E-state index contributed by atoms with van der Waals surface area (Å²) in [5.74, 6) is 2.84. The predicted molar refractivity (Wildman–Crippen MR) is 132 cm³/mol. The van der Waals surface area contributed by atoms with Crippen LogP contribution in [0.15, 0.2) is 24.3 Å². The first-order chi connectivity index (χ1) is 16.5. The number of rotatable bonds is 6. The van der Waals surface area contributed by atoms with E-state index in [-0.39, 0.29) is 23.0 Å². The minimum Gasteiger partial charge on any atom is -0.491 e. The van der Waals surface area contributed by atoms with Crippen LogP contribution in [0, 0.1) is 13.8 Å². The zero-order chi connectivity index (χ0) is 24.6. The summed E-state index contributed by atoms with van der Waals surface area (Å²) in [5.41, 5.74) is 4.15. The maximum absolute atomic E-state index is 6.77. The molecule has 2 atom stereocenters. The highest BCUT2D eigenvalue weighted by molar-refractivity contribution is 5.53. The molecule has 0 N–H and O–H groups in total. The lowest BCUT2D eigenvalue weighted by Gasteiger charge is -2.51. The van der Waals surface area contributed by atoms with E-state index in [4.69, 9.17) is 28.4 Å². The summed E-state index contributed by atoms with van der Waals surface area (Å²) in [6.45, 7) is 16.0. The van der Waals surface area contributed by atoms with Crippen molar-refractivity contribution in [1.29, 1.82) is 0 Å². The van der Waals surface area contributed by atoms with Gasteiger partial charge < -0.3 is 28.4 Å². The molecule has 0 aliphatic carbocycles. The minimum absolute atomic E-state index is 0.147. The van der Waals surface area contributed by atoms with E-state index in [1.807, 2.05) is 0 Å². The van der Waals surface area contributed by atoms with Crippen LogP contribution in [-0.4, -0.2) is 44.4 Å². The van der Waals surface area contributed by atoms with Crippen molar-refractivity contribution in [3.05, 3.63) is 46.5 Å². The van der Waals surface area contributed by atoms with E-state index in [0.29, 0.717) is 13.2 Å². The number of hydrogen-bond acceptors (Lipinski definition) is 6. The Labute approximate surface area is 207 Å². The first kappa shape index (κ1) is 23.0. The minimum atomic E-state index is -0.736. The molecular weight excluding hydrogens is 444 g/mol. The number of benzene rings is 2. The Morgan fingerprint density at radius 3 is 1.49 bits per heavy atom. The first-order valence-corrected chi connectivity index (χ1v) is 12.7. The Morgan fingerprint density at radius 1 is 0.714 bits per heavy atom. The van der Waals surface area contributed by atoms with E-state index in [1.54, 1.807) is 0 Å². The molecule has 188 valence electrons. The summed E-state index contributed by atoms with van der Waals surface area (Å²) < 4.78 is 36.3. The van der Waals surface area contributed by atoms with Crippen LogP contribution in [-0.2, 0) is 20.3 Å². The van der Waals surface area contributed by atoms with Crippen molar-refractivity contribution in [1.82, 2.24) is 0 Å². The van der Waals surface area contributed by atoms with Gasteiger partial charge in [0.1, 0.15) is 48.4 Å². The van der Waals surface area contributed by atoms with Crippen molar-refractivity contribution in [2.24, 2.45) is 0 Å². The van der Waals surface area contributed by atoms with Crippen molar-refractivity contribution in [2.75, 3.05) is 26.4 Å². The lowest BCUT2D eigenvalue weighted by atomic mass is 9.69. The number of hydrogen-bond donors (Lipinski definition) is 0. The second-order valence-corrected chi connectivity index (χ2v) is 12.0. The largest absolute Gasteiger partial charge is 0.491 e. The Kier molecular flexibility index (Phi) is 5.11. The lowest BCUT2D eigenvalue weighted by molar-refractivity contribution is -0.166. The summed E-state index contributed by atoms with van der Waals surface area (Å²) in [4.78, 5) is 0. The van der Waals surface area contributed by atoms with E-state index in [2.05, 4.69) is 65.8 Å². The molecule has 4 aliphatic heterocycles. The monoisotopic (exact) mass is 480 g/mol. The summed E-state index contributed by atoms with van der Waals surface area (Å²) in [7, 11) is 0. The topological polar surface area (TPSA) is 62.0 Å². The van der Waals surface area contributed by atoms with Crippen LogP contribution in [0.25, 0.3) is 0 Å². The smallest absolute Gasteiger partial charge is 0.252 e. The highest BCUT2D eigenvalue weighted by Gasteiger charge is 2.53. The molecule has 35 heavy (non-hydrogen) atoms. The van der Waals surface area contributed by atoms with Gasteiger partial charge in [0, 0.05) is 34.8 Å². The molecule has 2 fully saturated rings. The second-order valence-electron chi connectivity index (χ2n) is 12.0. The van der Waals surface area contributed by atoms with Gasteiger partial charge in [-0.15, -0.1) is 0 Å². The molecule has 1 spiro atoms. The van der Waals surface area contributed by atoms with Gasteiger partial charge in [-0.1, -0.05) is 27.7 Å². The molecule has 0 saturated carbocycles. The molecule has 2 aromatic carbocycles. The zero-order valence-corrected chi connectivity index (χ0v) is 21.7. The molecule has 6 nitrogen and oxygen atoms in total. The van der Waals surface area contributed by atoms with Crippen molar-refractivity contribution < 1.29 is 28.4 Å². The van der Waals surface area contributed by atoms with Crippen LogP contribution in [0.3, 0.4) is 0 Å². The van der Waals surface area contributed by atoms with Crippen LogP contribution in [0.4, 0.5) is 0 Å². The number of aryl methyl sites for hydroxylation is 2. The van der Waals surface area contributed by atoms with Gasteiger partial charge in [0.05, 0.1) is 13.2 Å². The maximum Gasteiger partial charge on any atom is 0.252 e. The lowest BCUT2D eigenvalue weighted by Crippen LogP contribution is -2.55. The normalized spacial score (nSPS) is 28.9. The van der Waals surface area contributed by atoms with E-state index >= 15 is 0 Å². The fraction of sp³-hybridized carbons (Fsp3) is 0.586. The van der Waals surface area contributed by atoms with Crippen molar-refractivity contribution in [2.45, 2.75) is 83.2 Å². The summed E-state index contributed by atoms with van der Waals surface area (Å²) in [6, 6.07) is 8.52. The van der Waals surface area contributed by atoms with Crippen LogP contribution in [0.5, 0.6) is 23.0 Å². The van der Waals surface area contributed by atoms with Crippen LogP contribution >= 0.6 is 0 Å². The van der Waals surface area contributed by atoms with Gasteiger partial charge in [0.25, 0.3) is 5.79 Å². The van der Waals surface area contributed by atoms with E-state index < -0.39 is 5.79 Å². The zero-order valence-electron chi connectivity index (χ0n) is 21.7. The van der Waals surface area contributed by atoms with Gasteiger partial charge in [-0.3, -0.25) is 0 Å². The van der Waals surface area contributed by atoms with Gasteiger partial charge >= 0.3 is 0 Å². The molecule has 6 heteroatoms.